The topological polar surface area (TPSA) is 402 Å². The van der Waals surface area contributed by atoms with Crippen LogP contribution >= 0.6 is 46.4 Å². The molecule has 31 heteroatoms. The van der Waals surface area contributed by atoms with Crippen LogP contribution in [0, 0.1) is 42.4 Å². The molecule has 14 N–H and O–H groups in total. The van der Waals surface area contributed by atoms with Crippen molar-refractivity contribution in [3.05, 3.63) is 70.2 Å². The van der Waals surface area contributed by atoms with Gasteiger partial charge in [-0.3, -0.25) is 0 Å². The molecular formula is C53H60Cl4N16O11. The second kappa shape index (κ2) is 24.3. The quantitative estimate of drug-likeness (QED) is 0.0683. The molecule has 8 aromatic rings. The predicted octanol–water partition coefficient (Wildman–Crippen LogP) is 3.99. The minimum atomic E-state index is -1.42. The highest BCUT2D eigenvalue weighted by molar-refractivity contribution is 6.37. The average Bonchev–Trinajstić information content (AvgIpc) is 2.55. The van der Waals surface area contributed by atoms with E-state index in [0.29, 0.717) is 107 Å². The summed E-state index contributed by atoms with van der Waals surface area (Å²) in [5, 5.41) is 61.6. The molecule has 12 heterocycles. The van der Waals surface area contributed by atoms with Gasteiger partial charge < -0.3 is 95.6 Å². The van der Waals surface area contributed by atoms with Crippen molar-refractivity contribution in [3.8, 4) is 24.7 Å². The minimum absolute atomic E-state index is 0.00657. The van der Waals surface area contributed by atoms with E-state index in [9.17, 15) is 35.4 Å². The predicted molar refractivity (Wildman–Crippen MR) is 310 cm³/mol. The molecule has 0 radical (unpaired) electrons. The highest BCUT2D eigenvalue weighted by Gasteiger charge is 2.50. The molecule has 0 saturated carbocycles. The zero-order valence-electron chi connectivity index (χ0n) is 45.2. The molecule has 0 amide bonds. The van der Waals surface area contributed by atoms with Gasteiger partial charge in [0.1, 0.15) is 108 Å². The third-order valence-corrected chi connectivity index (χ3v) is 17.3. The van der Waals surface area contributed by atoms with Gasteiger partial charge in [0.15, 0.2) is 23.1 Å². The Kier molecular flexibility index (Phi) is 17.9. The van der Waals surface area contributed by atoms with Gasteiger partial charge in [-0.1, -0.05) is 79.0 Å². The normalized spacial score (nSPS) is 27.9. The molecule has 4 saturated heterocycles. The number of aldehydes is 1. The van der Waals surface area contributed by atoms with Crippen LogP contribution in [0.5, 0.6) is 0 Å². The molecule has 4 aliphatic heterocycles. The van der Waals surface area contributed by atoms with Crippen LogP contribution in [0.15, 0.2) is 50.1 Å². The highest BCUT2D eigenvalue weighted by atomic mass is 35.5. The molecule has 84 heavy (non-hydrogen) atoms. The Labute approximate surface area is 498 Å². The molecule has 11 atom stereocenters. The van der Waals surface area contributed by atoms with Crippen molar-refractivity contribution in [2.24, 2.45) is 17.8 Å². The van der Waals surface area contributed by atoms with Crippen LogP contribution in [0.1, 0.15) is 71.4 Å². The van der Waals surface area contributed by atoms with Gasteiger partial charge in [-0.25, -0.2) is 39.9 Å². The number of anilines is 4. The molecule has 12 rings (SSSR count). The van der Waals surface area contributed by atoms with Gasteiger partial charge in [0.25, 0.3) is 0 Å². The van der Waals surface area contributed by atoms with Crippen molar-refractivity contribution in [2.75, 3.05) is 56.0 Å². The van der Waals surface area contributed by atoms with Crippen molar-refractivity contribution in [1.29, 1.82) is 0 Å². The Morgan fingerprint density at radius 3 is 1.14 bits per heavy atom. The lowest BCUT2D eigenvalue weighted by Crippen LogP contribution is -2.42. The number of aliphatic hydroxyl groups is 6. The number of hydrogen-bond donors (Lipinski definition) is 10. The van der Waals surface area contributed by atoms with E-state index in [1.54, 1.807) is 43.1 Å². The number of nitrogen functional groups attached to an aromatic ring is 4. The number of terminal acetylenes is 2. The first kappa shape index (κ1) is 61.8. The van der Waals surface area contributed by atoms with Gasteiger partial charge in [-0.15, -0.1) is 12.8 Å². The van der Waals surface area contributed by atoms with Crippen LogP contribution in [0.4, 0.5) is 23.3 Å². The smallest absolute Gasteiger partial charge is 0.179 e. The first-order chi connectivity index (χ1) is 40.1. The van der Waals surface area contributed by atoms with Crippen molar-refractivity contribution in [3.63, 3.8) is 0 Å². The lowest BCUT2D eigenvalue weighted by molar-refractivity contribution is -0.144. The third kappa shape index (κ3) is 10.7. The lowest BCUT2D eigenvalue weighted by Gasteiger charge is -2.28. The van der Waals surface area contributed by atoms with E-state index >= 15 is 0 Å². The van der Waals surface area contributed by atoms with Crippen LogP contribution in [-0.4, -0.2) is 157 Å². The van der Waals surface area contributed by atoms with Crippen LogP contribution in [0.3, 0.4) is 0 Å². The molecule has 0 spiro atoms. The number of fused-ring (bicyclic) bond motifs is 4. The van der Waals surface area contributed by atoms with E-state index < -0.39 is 47.6 Å². The van der Waals surface area contributed by atoms with Crippen LogP contribution in [0.2, 0.25) is 20.1 Å². The van der Waals surface area contributed by atoms with Gasteiger partial charge >= 0.3 is 0 Å². The first-order valence-electron chi connectivity index (χ1n) is 26.0. The van der Waals surface area contributed by atoms with E-state index in [-0.39, 0.29) is 68.9 Å². The summed E-state index contributed by atoms with van der Waals surface area (Å²) in [6.07, 6.45) is 22.9. The average molecular weight is 1240 g/mol. The number of nitrogens with two attached hydrogens (primary N) is 4. The zero-order chi connectivity index (χ0) is 60.8. The summed E-state index contributed by atoms with van der Waals surface area (Å²) in [5.41, 5.74) is 20.9. The van der Waals surface area contributed by atoms with E-state index in [0.717, 1.165) is 0 Å². The van der Waals surface area contributed by atoms with Crippen molar-refractivity contribution < 1.29 is 54.4 Å². The molecule has 4 aliphatic rings. The molecular weight excluding hydrogens is 1180 g/mol. The molecule has 0 aromatic carbocycles. The highest BCUT2D eigenvalue weighted by Crippen LogP contribution is 2.47. The van der Waals surface area contributed by atoms with E-state index in [1.165, 1.54) is 25.3 Å². The molecule has 8 aromatic heterocycles. The van der Waals surface area contributed by atoms with Crippen LogP contribution in [0.25, 0.3) is 44.1 Å². The van der Waals surface area contributed by atoms with Gasteiger partial charge in [0, 0.05) is 37.1 Å². The monoisotopic (exact) mass is 1240 g/mol. The molecule has 0 bridgehead atoms. The fraction of sp³-hybridized carbons (Fsp3) is 0.453. The van der Waals surface area contributed by atoms with E-state index in [4.69, 9.17) is 101 Å². The SMILES string of the molecule is C#C[C@]1(CO)O[C@@H](n2cc(Cl)c3c(N)ncnc32)C[C@@H]1C.C#C[C@]1(CO)O[C@@H](n2cc(Cl)c3c(N)ncnc32)C[C@@H]1O.C[C@H]1C[C@H](n2cc(Cl)c3c(N)ncnc32)OC1(CO)CO.C[C@H]1C[C@H](n2cc(Cl)c3c(N)ncnc32)O[C@]1(C=O)CO. The Morgan fingerprint density at radius 1 is 0.512 bits per heavy atom. The van der Waals surface area contributed by atoms with Gasteiger partial charge in [-0.2, -0.15) is 0 Å². The maximum absolute atomic E-state index is 11.3. The lowest BCUT2D eigenvalue weighted by atomic mass is 9.90. The Hall–Kier alpha value is -6.77. The Morgan fingerprint density at radius 2 is 0.845 bits per heavy atom. The van der Waals surface area contributed by atoms with Gasteiger partial charge in [0.2, 0.25) is 0 Å². The Bertz CT molecular complexity index is 3700. The minimum Gasteiger partial charge on any atom is -0.393 e. The number of nitrogens with zero attached hydrogens (tertiary/aromatic N) is 12. The zero-order valence-corrected chi connectivity index (χ0v) is 48.3. The molecule has 4 fully saturated rings. The fourth-order valence-electron chi connectivity index (χ4n) is 10.9. The molecule has 0 unspecified atom stereocenters. The van der Waals surface area contributed by atoms with E-state index in [2.05, 4.69) is 51.7 Å². The van der Waals surface area contributed by atoms with Crippen LogP contribution < -0.4 is 22.9 Å². The summed E-state index contributed by atoms with van der Waals surface area (Å²) in [4.78, 5) is 43.8. The summed E-state index contributed by atoms with van der Waals surface area (Å²) >= 11 is 24.7. The number of carbonyl (C=O) groups excluding carboxylic acids is 1. The number of carbonyl (C=O) groups is 1. The summed E-state index contributed by atoms with van der Waals surface area (Å²) < 4.78 is 30.2. The summed E-state index contributed by atoms with van der Waals surface area (Å²) in [5.74, 6) is 5.94. The number of aliphatic hydroxyl groups excluding tert-OH is 6. The second-order valence-electron chi connectivity index (χ2n) is 20.8. The van der Waals surface area contributed by atoms with Crippen LogP contribution in [-0.2, 0) is 23.7 Å². The number of aromatic nitrogens is 12. The largest absolute Gasteiger partial charge is 0.393 e. The summed E-state index contributed by atoms with van der Waals surface area (Å²) in [6.45, 7) is 4.18. The maximum atomic E-state index is 11.3. The maximum Gasteiger partial charge on any atom is 0.179 e. The number of rotatable bonds is 10. The molecule has 27 nitrogen and oxygen atoms in total. The van der Waals surface area contributed by atoms with Gasteiger partial charge in [-0.05, 0) is 31.1 Å². The van der Waals surface area contributed by atoms with Gasteiger partial charge in [0.05, 0.1) is 74.7 Å². The van der Waals surface area contributed by atoms with E-state index in [1.807, 2.05) is 20.8 Å². The Balaban J connectivity index is 0.000000134. The first-order valence-corrected chi connectivity index (χ1v) is 27.5. The number of halogens is 4. The number of ether oxygens (including phenoxy) is 4. The second-order valence-corrected chi connectivity index (χ2v) is 22.4. The van der Waals surface area contributed by atoms with Crippen molar-refractivity contribution in [1.82, 2.24) is 58.1 Å². The molecule has 0 aliphatic carbocycles. The summed E-state index contributed by atoms with van der Waals surface area (Å²) in [6, 6.07) is 0. The van der Waals surface area contributed by atoms with Crippen molar-refractivity contribution >= 4 is 120 Å². The number of hydrogen-bond acceptors (Lipinski definition) is 23. The van der Waals surface area contributed by atoms with Crippen molar-refractivity contribution in [2.45, 2.75) is 99.9 Å². The fourth-order valence-corrected chi connectivity index (χ4v) is 12.0. The summed E-state index contributed by atoms with van der Waals surface area (Å²) in [7, 11) is 0. The molecule has 446 valence electrons. The standard InChI is InChI=1S/C14H15ClN4O2.C13H17ClN4O3.C13H15ClN4O3.C13H13ClN4O3/c1-3-14(6-20)8(2)4-10(21-14)19-5-9(15)11-12(16)17-7-18-13(11)19;2*1-7-2-9(21-13(7,4-19)5-20)18-3-8(14)10-11(15)16-6-17-12(10)18;1-2-13(5-19)8(20)3-9(21-13)18-4-7(14)10-11(15)16-6-17-12(10)18/h1,5,7-8,10,20H,4,6H2,2H3,(H2,16,17,18);3,6-7,9,19-20H,2,4-5H2,1H3,(H2,15,16,17);3-4,6-7,9,20H,2,5H2,1H3,(H2,15,16,17);1,4,6,8-9,19-20H,3,5H2,(H2,15,16,17)/t8-,10+,14+;7-,9+;7-,9+,13+;8-,9+,13+/m0000/s1. The third-order valence-electron chi connectivity index (χ3n) is 16.1.